The third-order valence-corrected chi connectivity index (χ3v) is 10.7. The Morgan fingerprint density at radius 3 is 1.17 bits per heavy atom. The van der Waals surface area contributed by atoms with Gasteiger partial charge in [-0.25, -0.2) is 19.2 Å². The summed E-state index contributed by atoms with van der Waals surface area (Å²) in [5.74, 6) is -2.03. The molecule has 15 nitrogen and oxygen atoms in total. The Hall–Kier alpha value is -7.03. The quantitative estimate of drug-likeness (QED) is 0.0677. The number of hydrogen-bond donors (Lipinski definition) is 1. The maximum atomic E-state index is 14.0. The minimum absolute atomic E-state index is 0.0885. The Morgan fingerprint density at radius 1 is 0.460 bits per heavy atom. The van der Waals surface area contributed by atoms with Crippen LogP contribution in [0.25, 0.3) is 0 Å². The van der Waals surface area contributed by atoms with Crippen LogP contribution in [-0.2, 0) is 28.4 Å². The van der Waals surface area contributed by atoms with E-state index in [9.17, 15) is 33.6 Å². The van der Waals surface area contributed by atoms with Crippen LogP contribution in [0.4, 0.5) is 15.3 Å². The number of carbonyl (C=O) groups excluding carboxylic acids is 7. The Bertz CT molecular complexity index is 2140. The number of rotatable bonds is 15. The monoisotopic (exact) mass is 863 g/mol. The summed E-state index contributed by atoms with van der Waals surface area (Å²) in [4.78, 5) is 90.6. The molecule has 2 fully saturated rings. The number of carbonyl (C=O) groups is 7. The number of benzene rings is 4. The van der Waals surface area contributed by atoms with Crippen LogP contribution < -0.4 is 10.1 Å². The SMILES string of the molecule is CCOC(=O)OC1CCC(OC(=O)c2ccc(C(=O)c3cc(NC(=O)c4ccc(OC)cc4)cc(C(=O)c4ccc(C(=O)OC5CCC(OC(=O)OCC)CC5)cc4)c3)cc2)CC1. The Morgan fingerprint density at radius 2 is 0.810 bits per heavy atom. The van der Waals surface area contributed by atoms with Crippen molar-refractivity contribution in [3.8, 4) is 5.75 Å². The lowest BCUT2D eigenvalue weighted by Crippen LogP contribution is -2.30. The van der Waals surface area contributed by atoms with Gasteiger partial charge in [-0.2, -0.15) is 0 Å². The number of ketones is 2. The molecule has 330 valence electrons. The molecule has 4 aromatic rings. The van der Waals surface area contributed by atoms with E-state index in [1.165, 1.54) is 73.8 Å². The molecule has 0 aliphatic heterocycles. The lowest BCUT2D eigenvalue weighted by molar-refractivity contribution is -0.0181. The molecule has 2 aliphatic carbocycles. The Labute approximate surface area is 364 Å². The first-order valence-corrected chi connectivity index (χ1v) is 20.9. The summed E-state index contributed by atoms with van der Waals surface area (Å²) >= 11 is 0. The van der Waals surface area contributed by atoms with E-state index in [0.717, 1.165) is 0 Å². The molecule has 0 saturated heterocycles. The molecule has 4 aromatic carbocycles. The molecule has 0 spiro atoms. The summed E-state index contributed by atoms with van der Waals surface area (Å²) in [6.07, 6.45) is 1.34. The van der Waals surface area contributed by atoms with Crippen molar-refractivity contribution in [3.63, 3.8) is 0 Å². The van der Waals surface area contributed by atoms with Crippen molar-refractivity contribution in [1.82, 2.24) is 0 Å². The van der Waals surface area contributed by atoms with E-state index in [1.807, 2.05) is 0 Å². The largest absolute Gasteiger partial charge is 0.508 e. The molecule has 2 saturated carbocycles. The molecule has 63 heavy (non-hydrogen) atoms. The van der Waals surface area contributed by atoms with E-state index in [4.69, 9.17) is 33.2 Å². The summed E-state index contributed by atoms with van der Waals surface area (Å²) in [6, 6.07) is 22.6. The van der Waals surface area contributed by atoms with Crippen LogP contribution in [0.2, 0.25) is 0 Å². The topological polar surface area (TPSA) is 196 Å². The van der Waals surface area contributed by atoms with Crippen LogP contribution >= 0.6 is 0 Å². The van der Waals surface area contributed by atoms with Crippen molar-refractivity contribution < 1.29 is 66.7 Å². The van der Waals surface area contributed by atoms with Crippen molar-refractivity contribution in [2.45, 2.75) is 89.6 Å². The molecule has 1 amide bonds. The van der Waals surface area contributed by atoms with Gasteiger partial charge >= 0.3 is 24.2 Å². The number of amides is 1. The molecule has 6 rings (SSSR count). The van der Waals surface area contributed by atoms with Crippen molar-refractivity contribution in [2.75, 3.05) is 25.6 Å². The van der Waals surface area contributed by atoms with Gasteiger partial charge in [0.2, 0.25) is 0 Å². The van der Waals surface area contributed by atoms with Crippen LogP contribution in [0, 0.1) is 0 Å². The number of ether oxygens (including phenoxy) is 7. The van der Waals surface area contributed by atoms with Crippen LogP contribution in [-0.4, -0.2) is 86.5 Å². The highest BCUT2D eigenvalue weighted by Gasteiger charge is 2.29. The van der Waals surface area contributed by atoms with Gasteiger partial charge < -0.3 is 38.5 Å². The second-order valence-electron chi connectivity index (χ2n) is 15.0. The summed E-state index contributed by atoms with van der Waals surface area (Å²) in [6.45, 7) is 3.82. The lowest BCUT2D eigenvalue weighted by Gasteiger charge is -2.27. The second kappa shape index (κ2) is 21.7. The van der Waals surface area contributed by atoms with Crippen molar-refractivity contribution in [3.05, 3.63) is 130 Å². The van der Waals surface area contributed by atoms with Gasteiger partial charge in [-0.1, -0.05) is 24.3 Å². The van der Waals surface area contributed by atoms with E-state index in [-0.39, 0.29) is 76.7 Å². The fraction of sp³-hybridized carbons (Fsp3) is 0.354. The summed E-state index contributed by atoms with van der Waals surface area (Å²) in [5, 5.41) is 2.78. The van der Waals surface area contributed by atoms with Gasteiger partial charge in [-0.15, -0.1) is 0 Å². The molecule has 0 unspecified atom stereocenters. The second-order valence-corrected chi connectivity index (χ2v) is 15.0. The van der Waals surface area contributed by atoms with E-state index in [0.29, 0.717) is 62.7 Å². The maximum Gasteiger partial charge on any atom is 0.508 e. The third-order valence-electron chi connectivity index (χ3n) is 10.7. The first-order chi connectivity index (χ1) is 30.4. The molecule has 0 atom stereocenters. The van der Waals surface area contributed by atoms with Gasteiger partial charge in [0, 0.05) is 33.5 Å². The summed E-state index contributed by atoms with van der Waals surface area (Å²) in [5.41, 5.74) is 1.54. The van der Waals surface area contributed by atoms with Crippen molar-refractivity contribution >= 4 is 47.4 Å². The van der Waals surface area contributed by atoms with Crippen LogP contribution in [0.5, 0.6) is 5.75 Å². The number of esters is 2. The normalized spacial score (nSPS) is 18.1. The molecule has 15 heteroatoms. The van der Waals surface area contributed by atoms with Crippen LogP contribution in [0.15, 0.2) is 91.0 Å². The molecule has 0 bridgehead atoms. The smallest absolute Gasteiger partial charge is 0.497 e. The highest BCUT2D eigenvalue weighted by molar-refractivity contribution is 6.15. The third kappa shape index (κ3) is 12.5. The zero-order valence-electron chi connectivity index (χ0n) is 35.3. The first kappa shape index (κ1) is 45.5. The number of anilines is 1. The van der Waals surface area contributed by atoms with Crippen molar-refractivity contribution in [1.29, 1.82) is 0 Å². The molecule has 0 aromatic heterocycles. The number of hydrogen-bond acceptors (Lipinski definition) is 14. The standard InChI is InChI=1S/C48H49NO14/c1-4-58-47(55)62-40-22-18-38(19-23-40)60-45(53)32-10-6-29(7-11-32)42(50)34-26-35(28-36(27-34)49-44(52)31-14-16-37(57-3)17-15-31)43(51)30-8-12-33(13-9-30)46(54)61-39-20-24-41(25-21-39)63-48(56)59-5-2/h6-17,26-28,38-41H,4-5,18-25H2,1-3H3,(H,49,52). The van der Waals surface area contributed by atoms with Gasteiger partial charge in [-0.3, -0.25) is 14.4 Å². The highest BCUT2D eigenvalue weighted by Crippen LogP contribution is 2.28. The average molecular weight is 864 g/mol. The van der Waals surface area contributed by atoms with E-state index in [2.05, 4.69) is 5.32 Å². The van der Waals surface area contributed by atoms with Gasteiger partial charge in [0.05, 0.1) is 31.5 Å². The fourth-order valence-corrected chi connectivity index (χ4v) is 7.31. The predicted octanol–water partition coefficient (Wildman–Crippen LogP) is 8.69. The summed E-state index contributed by atoms with van der Waals surface area (Å²) < 4.78 is 36.8. The summed E-state index contributed by atoms with van der Waals surface area (Å²) in [7, 11) is 1.51. The van der Waals surface area contributed by atoms with Gasteiger partial charge in [-0.05, 0) is 132 Å². The van der Waals surface area contributed by atoms with Crippen molar-refractivity contribution in [2.24, 2.45) is 0 Å². The van der Waals surface area contributed by atoms with Gasteiger partial charge in [0.25, 0.3) is 5.91 Å². The molecular formula is C48H49NO14. The Balaban J connectivity index is 1.14. The molecule has 2 aliphatic rings. The van der Waals surface area contributed by atoms with E-state index >= 15 is 0 Å². The zero-order chi connectivity index (χ0) is 44.9. The molecular weight excluding hydrogens is 815 g/mol. The molecule has 1 N–H and O–H groups in total. The zero-order valence-corrected chi connectivity index (χ0v) is 35.3. The lowest BCUT2D eigenvalue weighted by atomic mass is 9.94. The highest BCUT2D eigenvalue weighted by atomic mass is 16.7. The van der Waals surface area contributed by atoms with E-state index < -0.39 is 41.7 Å². The minimum Gasteiger partial charge on any atom is -0.497 e. The molecule has 0 heterocycles. The average Bonchev–Trinajstić information content (AvgIpc) is 3.30. The van der Waals surface area contributed by atoms with Crippen LogP contribution in [0.3, 0.4) is 0 Å². The maximum absolute atomic E-state index is 14.0. The van der Waals surface area contributed by atoms with Gasteiger partial charge in [0.1, 0.15) is 30.2 Å². The number of nitrogens with one attached hydrogen (secondary N) is 1. The fourth-order valence-electron chi connectivity index (χ4n) is 7.31. The van der Waals surface area contributed by atoms with Gasteiger partial charge in [0.15, 0.2) is 11.6 Å². The van der Waals surface area contributed by atoms with E-state index in [1.54, 1.807) is 38.1 Å². The first-order valence-electron chi connectivity index (χ1n) is 20.9. The predicted molar refractivity (Wildman–Crippen MR) is 226 cm³/mol. The number of methoxy groups -OCH3 is 1. The minimum atomic E-state index is -0.719. The van der Waals surface area contributed by atoms with Crippen LogP contribution in [0.1, 0.15) is 128 Å². The Kier molecular flexibility index (Phi) is 15.6. The molecule has 0 radical (unpaired) electrons.